The Morgan fingerprint density at radius 3 is 2.28 bits per heavy atom. The summed E-state index contributed by atoms with van der Waals surface area (Å²) in [4.78, 5) is 13.4. The third kappa shape index (κ3) is 4.23. The zero-order valence-electron chi connectivity index (χ0n) is 16.6. The maximum Gasteiger partial charge on any atom is 0.416 e. The van der Waals surface area contributed by atoms with E-state index in [4.69, 9.17) is 0 Å². The number of sulfonamides is 1. The van der Waals surface area contributed by atoms with Crippen molar-refractivity contribution in [3.63, 3.8) is 0 Å². The Kier molecular flexibility index (Phi) is 5.74. The summed E-state index contributed by atoms with van der Waals surface area (Å²) >= 11 is 0. The Balaban J connectivity index is 1.42. The predicted octanol–water partition coefficient (Wildman–Crippen LogP) is 3.62. The summed E-state index contributed by atoms with van der Waals surface area (Å²) in [5.74, 6) is -3.43. The summed E-state index contributed by atoms with van der Waals surface area (Å²) in [5, 5.41) is 0. The van der Waals surface area contributed by atoms with Crippen molar-refractivity contribution >= 4 is 15.9 Å². The molecular weight excluding hydrogens is 455 g/mol. The topological polar surface area (TPSA) is 57.7 Å². The van der Waals surface area contributed by atoms with Crippen molar-refractivity contribution in [2.45, 2.75) is 23.4 Å². The predicted molar refractivity (Wildman–Crippen MR) is 104 cm³/mol. The van der Waals surface area contributed by atoms with Gasteiger partial charge in [0.1, 0.15) is 16.5 Å². The number of halogens is 5. The number of nitrogens with zero attached hydrogens (tertiary/aromatic N) is 2. The first-order valence-electron chi connectivity index (χ1n) is 9.90. The average molecular weight is 474 g/mol. The second kappa shape index (κ2) is 8.11. The molecule has 0 spiro atoms. The van der Waals surface area contributed by atoms with E-state index in [-0.39, 0.29) is 37.6 Å². The summed E-state index contributed by atoms with van der Waals surface area (Å²) < 4.78 is 93.4. The van der Waals surface area contributed by atoms with Crippen molar-refractivity contribution in [1.29, 1.82) is 0 Å². The number of rotatable bonds is 4. The molecule has 1 aliphatic heterocycles. The molecule has 2 aromatic rings. The van der Waals surface area contributed by atoms with Crippen molar-refractivity contribution in [2.75, 3.05) is 26.2 Å². The van der Waals surface area contributed by atoms with Crippen LogP contribution in [0.2, 0.25) is 0 Å². The number of piperazine rings is 1. The molecule has 0 aromatic heterocycles. The van der Waals surface area contributed by atoms with E-state index in [9.17, 15) is 35.2 Å². The van der Waals surface area contributed by atoms with E-state index in [1.54, 1.807) is 0 Å². The molecule has 2 aromatic carbocycles. The standard InChI is InChI=1S/C21H19F5N2O3S/c22-13-5-6-18(23)19(11-13)32(30,31)28-9-7-27(8-10-28)20(29)16-12-15(16)14-3-1-2-4-17(14)21(24,25)26/h1-6,11,15-16H,7-10,12H2. The minimum Gasteiger partial charge on any atom is -0.340 e. The molecule has 0 radical (unpaired) electrons. The van der Waals surface area contributed by atoms with E-state index >= 15 is 0 Å². The second-order valence-corrected chi connectivity index (χ2v) is 9.74. The first kappa shape index (κ1) is 22.7. The Hall–Kier alpha value is -2.53. The molecule has 172 valence electrons. The van der Waals surface area contributed by atoms with E-state index in [2.05, 4.69) is 0 Å². The first-order valence-corrected chi connectivity index (χ1v) is 11.3. The summed E-state index contributed by atoms with van der Waals surface area (Å²) in [6.07, 6.45) is -4.22. The maximum atomic E-state index is 13.9. The van der Waals surface area contributed by atoms with E-state index in [1.807, 2.05) is 0 Å². The molecular formula is C21H19F5N2O3S. The number of carbonyl (C=O) groups excluding carboxylic acids is 1. The lowest BCUT2D eigenvalue weighted by Gasteiger charge is -2.34. The smallest absolute Gasteiger partial charge is 0.340 e. The Bertz CT molecular complexity index is 1140. The summed E-state index contributed by atoms with van der Waals surface area (Å²) in [6.45, 7) is -0.223. The Morgan fingerprint density at radius 2 is 1.62 bits per heavy atom. The molecule has 1 aliphatic carbocycles. The molecule has 2 fully saturated rings. The largest absolute Gasteiger partial charge is 0.416 e. The number of amides is 1. The molecule has 0 bridgehead atoms. The molecule has 2 aliphatic rings. The molecule has 5 nitrogen and oxygen atoms in total. The molecule has 1 saturated heterocycles. The third-order valence-electron chi connectivity index (χ3n) is 5.83. The van der Waals surface area contributed by atoms with E-state index < -0.39 is 50.1 Å². The van der Waals surface area contributed by atoms with Crippen molar-refractivity contribution < 1.29 is 35.2 Å². The molecule has 2 unspecified atom stereocenters. The fourth-order valence-electron chi connectivity index (χ4n) is 4.09. The lowest BCUT2D eigenvalue weighted by Crippen LogP contribution is -2.51. The van der Waals surface area contributed by atoms with Gasteiger partial charge in [-0.2, -0.15) is 17.5 Å². The van der Waals surface area contributed by atoms with Gasteiger partial charge in [-0.25, -0.2) is 17.2 Å². The van der Waals surface area contributed by atoms with Crippen LogP contribution in [-0.4, -0.2) is 49.7 Å². The van der Waals surface area contributed by atoms with Crippen molar-refractivity contribution in [1.82, 2.24) is 9.21 Å². The zero-order chi connectivity index (χ0) is 23.3. The van der Waals surface area contributed by atoms with E-state index in [0.29, 0.717) is 12.5 Å². The molecule has 1 heterocycles. The first-order chi connectivity index (χ1) is 15.0. The lowest BCUT2D eigenvalue weighted by molar-refractivity contribution is -0.139. The number of hydrogen-bond acceptors (Lipinski definition) is 3. The van der Waals surface area contributed by atoms with Gasteiger partial charge in [-0.05, 0) is 42.2 Å². The highest BCUT2D eigenvalue weighted by Crippen LogP contribution is 2.51. The molecule has 11 heteroatoms. The lowest BCUT2D eigenvalue weighted by atomic mass is 10.0. The van der Waals surface area contributed by atoms with Crippen LogP contribution in [0, 0.1) is 17.6 Å². The quantitative estimate of drug-likeness (QED) is 0.637. The van der Waals surface area contributed by atoms with Crippen LogP contribution >= 0.6 is 0 Å². The van der Waals surface area contributed by atoms with Gasteiger partial charge in [0, 0.05) is 32.1 Å². The van der Waals surface area contributed by atoms with E-state index in [0.717, 1.165) is 22.5 Å². The highest BCUT2D eigenvalue weighted by atomic mass is 32.2. The van der Waals surface area contributed by atoms with Gasteiger partial charge in [-0.15, -0.1) is 0 Å². The van der Waals surface area contributed by atoms with E-state index in [1.165, 1.54) is 23.1 Å². The molecule has 32 heavy (non-hydrogen) atoms. The van der Waals surface area contributed by atoms with Gasteiger partial charge in [0.15, 0.2) is 0 Å². The van der Waals surface area contributed by atoms with Crippen LogP contribution < -0.4 is 0 Å². The van der Waals surface area contributed by atoms with Gasteiger partial charge in [0.05, 0.1) is 5.56 Å². The van der Waals surface area contributed by atoms with Crippen LogP contribution in [0.25, 0.3) is 0 Å². The fraction of sp³-hybridized carbons (Fsp3) is 0.381. The second-order valence-electron chi connectivity index (χ2n) is 7.84. The Labute approximate surface area is 181 Å². The normalized spacial score (nSPS) is 22.1. The number of hydrogen-bond donors (Lipinski definition) is 0. The zero-order valence-corrected chi connectivity index (χ0v) is 17.5. The number of alkyl halides is 3. The van der Waals surface area contributed by atoms with Crippen molar-refractivity contribution in [2.24, 2.45) is 5.92 Å². The molecule has 4 rings (SSSR count). The van der Waals surface area contributed by atoms with Gasteiger partial charge >= 0.3 is 6.18 Å². The van der Waals surface area contributed by atoms with Gasteiger partial charge in [-0.3, -0.25) is 4.79 Å². The molecule has 1 saturated carbocycles. The van der Waals surface area contributed by atoms with Gasteiger partial charge < -0.3 is 4.90 Å². The maximum absolute atomic E-state index is 13.9. The van der Waals surface area contributed by atoms with Crippen LogP contribution in [0.4, 0.5) is 22.0 Å². The minimum atomic E-state index is -4.51. The highest BCUT2D eigenvalue weighted by Gasteiger charge is 2.49. The van der Waals surface area contributed by atoms with Crippen LogP contribution in [0.3, 0.4) is 0 Å². The van der Waals surface area contributed by atoms with Gasteiger partial charge in [0.25, 0.3) is 0 Å². The van der Waals surface area contributed by atoms with Gasteiger partial charge in [0.2, 0.25) is 15.9 Å². The molecule has 1 amide bonds. The highest BCUT2D eigenvalue weighted by molar-refractivity contribution is 7.89. The Morgan fingerprint density at radius 1 is 0.969 bits per heavy atom. The third-order valence-corrected chi connectivity index (χ3v) is 7.75. The fourth-order valence-corrected chi connectivity index (χ4v) is 5.59. The molecule has 0 N–H and O–H groups in total. The van der Waals surface area contributed by atoms with Crippen LogP contribution in [-0.2, 0) is 21.0 Å². The van der Waals surface area contributed by atoms with Crippen molar-refractivity contribution in [3.05, 3.63) is 65.2 Å². The van der Waals surface area contributed by atoms with Crippen LogP contribution in [0.15, 0.2) is 47.4 Å². The number of benzene rings is 2. The van der Waals surface area contributed by atoms with Gasteiger partial charge in [-0.1, -0.05) is 18.2 Å². The van der Waals surface area contributed by atoms with Crippen LogP contribution in [0.1, 0.15) is 23.5 Å². The molecule has 2 atom stereocenters. The SMILES string of the molecule is O=C(C1CC1c1ccccc1C(F)(F)F)N1CCN(S(=O)(=O)c2cc(F)ccc2F)CC1. The summed E-state index contributed by atoms with van der Waals surface area (Å²) in [7, 11) is -4.29. The number of carbonyl (C=O) groups is 1. The average Bonchev–Trinajstić information content (AvgIpc) is 3.55. The summed E-state index contributed by atoms with van der Waals surface area (Å²) in [5.41, 5.74) is -0.672. The van der Waals surface area contributed by atoms with Crippen LogP contribution in [0.5, 0.6) is 0 Å². The summed E-state index contributed by atoms with van der Waals surface area (Å²) in [6, 6.07) is 7.31. The minimum absolute atomic E-state index is 0.0130. The van der Waals surface area contributed by atoms with Crippen molar-refractivity contribution in [3.8, 4) is 0 Å². The monoisotopic (exact) mass is 474 g/mol.